The Morgan fingerprint density at radius 1 is 1.39 bits per heavy atom. The SMILES string of the molecule is CCN(CCO)CC(=O)Nc1ccc(C)cc1C. The number of carbonyl (C=O) groups is 1. The van der Waals surface area contributed by atoms with Crippen LogP contribution < -0.4 is 5.32 Å². The molecular weight excluding hydrogens is 228 g/mol. The van der Waals surface area contributed by atoms with Crippen molar-refractivity contribution in [1.82, 2.24) is 4.90 Å². The molecule has 0 fully saturated rings. The van der Waals surface area contributed by atoms with E-state index < -0.39 is 0 Å². The Bertz CT molecular complexity index is 405. The number of hydrogen-bond donors (Lipinski definition) is 2. The monoisotopic (exact) mass is 250 g/mol. The minimum Gasteiger partial charge on any atom is -0.395 e. The predicted octanol–water partition coefficient (Wildman–Crippen LogP) is 1.56. The van der Waals surface area contributed by atoms with Crippen LogP contribution in [0, 0.1) is 13.8 Å². The molecule has 0 aromatic heterocycles. The van der Waals surface area contributed by atoms with Crippen LogP contribution in [0.1, 0.15) is 18.1 Å². The van der Waals surface area contributed by atoms with Gasteiger partial charge in [0.05, 0.1) is 13.2 Å². The topological polar surface area (TPSA) is 52.6 Å². The molecule has 0 aliphatic carbocycles. The zero-order valence-corrected chi connectivity index (χ0v) is 11.4. The molecule has 0 unspecified atom stereocenters. The van der Waals surface area contributed by atoms with Crippen LogP contribution in [-0.2, 0) is 4.79 Å². The molecule has 1 aromatic carbocycles. The number of aryl methyl sites for hydroxylation is 2. The molecule has 2 N–H and O–H groups in total. The normalized spacial score (nSPS) is 10.7. The Balaban J connectivity index is 2.58. The van der Waals surface area contributed by atoms with Crippen molar-refractivity contribution in [3.63, 3.8) is 0 Å². The minimum absolute atomic E-state index is 0.0442. The van der Waals surface area contributed by atoms with E-state index in [4.69, 9.17) is 5.11 Å². The number of anilines is 1. The summed E-state index contributed by atoms with van der Waals surface area (Å²) in [4.78, 5) is 13.8. The van der Waals surface area contributed by atoms with Crippen molar-refractivity contribution in [2.24, 2.45) is 0 Å². The van der Waals surface area contributed by atoms with Crippen LogP contribution >= 0.6 is 0 Å². The number of aliphatic hydroxyl groups is 1. The van der Waals surface area contributed by atoms with Gasteiger partial charge in [0.1, 0.15) is 0 Å². The van der Waals surface area contributed by atoms with E-state index in [1.807, 2.05) is 43.9 Å². The number of nitrogens with zero attached hydrogens (tertiary/aromatic N) is 1. The van der Waals surface area contributed by atoms with E-state index in [2.05, 4.69) is 5.32 Å². The summed E-state index contributed by atoms with van der Waals surface area (Å²) < 4.78 is 0. The van der Waals surface area contributed by atoms with Gasteiger partial charge in [0.2, 0.25) is 5.91 Å². The van der Waals surface area contributed by atoms with E-state index in [1.54, 1.807) is 0 Å². The van der Waals surface area contributed by atoms with Gasteiger partial charge in [0, 0.05) is 12.2 Å². The van der Waals surface area contributed by atoms with Gasteiger partial charge >= 0.3 is 0 Å². The maximum Gasteiger partial charge on any atom is 0.238 e. The summed E-state index contributed by atoms with van der Waals surface area (Å²) in [5.74, 6) is -0.0442. The Labute approximate surface area is 109 Å². The molecule has 18 heavy (non-hydrogen) atoms. The molecule has 1 aromatic rings. The second-order valence-electron chi connectivity index (χ2n) is 4.46. The summed E-state index contributed by atoms with van der Waals surface area (Å²) in [6, 6.07) is 5.94. The fraction of sp³-hybridized carbons (Fsp3) is 0.500. The number of hydrogen-bond acceptors (Lipinski definition) is 3. The summed E-state index contributed by atoms with van der Waals surface area (Å²) in [6.07, 6.45) is 0. The van der Waals surface area contributed by atoms with Crippen molar-refractivity contribution in [2.45, 2.75) is 20.8 Å². The first-order chi connectivity index (χ1) is 8.56. The molecule has 0 atom stereocenters. The molecule has 0 saturated carbocycles. The first-order valence-corrected chi connectivity index (χ1v) is 6.27. The van der Waals surface area contributed by atoms with Crippen molar-refractivity contribution in [2.75, 3.05) is 31.6 Å². The Morgan fingerprint density at radius 3 is 2.67 bits per heavy atom. The zero-order chi connectivity index (χ0) is 13.5. The Kier molecular flexibility index (Phi) is 5.82. The van der Waals surface area contributed by atoms with Crippen molar-refractivity contribution in [3.05, 3.63) is 29.3 Å². The highest BCUT2D eigenvalue weighted by Crippen LogP contribution is 2.15. The second kappa shape index (κ2) is 7.13. The minimum atomic E-state index is -0.0442. The van der Waals surface area contributed by atoms with Gasteiger partial charge in [0.25, 0.3) is 0 Å². The fourth-order valence-electron chi connectivity index (χ4n) is 1.84. The number of benzene rings is 1. The summed E-state index contributed by atoms with van der Waals surface area (Å²) in [7, 11) is 0. The molecule has 0 aliphatic heterocycles. The quantitative estimate of drug-likeness (QED) is 0.805. The van der Waals surface area contributed by atoms with Gasteiger partial charge in [-0.25, -0.2) is 0 Å². The third-order valence-corrected chi connectivity index (χ3v) is 2.89. The maximum absolute atomic E-state index is 11.9. The molecule has 4 heteroatoms. The molecule has 0 bridgehead atoms. The smallest absolute Gasteiger partial charge is 0.238 e. The van der Waals surface area contributed by atoms with Crippen molar-refractivity contribution in [3.8, 4) is 0 Å². The third-order valence-electron chi connectivity index (χ3n) is 2.89. The van der Waals surface area contributed by atoms with Crippen LogP contribution in [-0.4, -0.2) is 42.2 Å². The molecule has 0 spiro atoms. The van der Waals surface area contributed by atoms with E-state index in [9.17, 15) is 4.79 Å². The summed E-state index contributed by atoms with van der Waals surface area (Å²) in [5, 5.41) is 11.8. The van der Waals surface area contributed by atoms with Crippen LogP contribution in [0.4, 0.5) is 5.69 Å². The fourth-order valence-corrected chi connectivity index (χ4v) is 1.84. The van der Waals surface area contributed by atoms with Crippen LogP contribution in [0.5, 0.6) is 0 Å². The molecule has 100 valence electrons. The molecule has 1 rings (SSSR count). The van der Waals surface area contributed by atoms with Crippen LogP contribution in [0.25, 0.3) is 0 Å². The van der Waals surface area contributed by atoms with E-state index in [0.29, 0.717) is 13.1 Å². The second-order valence-corrected chi connectivity index (χ2v) is 4.46. The van der Waals surface area contributed by atoms with Crippen LogP contribution in [0.15, 0.2) is 18.2 Å². The number of carbonyl (C=O) groups excluding carboxylic acids is 1. The van der Waals surface area contributed by atoms with Gasteiger partial charge in [-0.1, -0.05) is 24.6 Å². The molecule has 0 radical (unpaired) electrons. The summed E-state index contributed by atoms with van der Waals surface area (Å²) >= 11 is 0. The molecular formula is C14H22N2O2. The molecule has 0 saturated heterocycles. The van der Waals surface area contributed by atoms with Gasteiger partial charge in [-0.2, -0.15) is 0 Å². The van der Waals surface area contributed by atoms with Gasteiger partial charge in [0.15, 0.2) is 0 Å². The summed E-state index contributed by atoms with van der Waals surface area (Å²) in [6.45, 7) is 7.64. The lowest BCUT2D eigenvalue weighted by Crippen LogP contribution is -2.35. The first kappa shape index (κ1) is 14.7. The number of aliphatic hydroxyl groups excluding tert-OH is 1. The standard InChI is InChI=1S/C14H22N2O2/c1-4-16(7-8-17)10-14(18)15-13-6-5-11(2)9-12(13)3/h5-6,9,17H,4,7-8,10H2,1-3H3,(H,15,18). The molecule has 4 nitrogen and oxygen atoms in total. The van der Waals surface area contributed by atoms with E-state index in [1.165, 1.54) is 5.56 Å². The van der Waals surface area contributed by atoms with E-state index >= 15 is 0 Å². The van der Waals surface area contributed by atoms with Crippen LogP contribution in [0.3, 0.4) is 0 Å². The number of likely N-dealkylation sites (N-methyl/N-ethyl adjacent to an activating group) is 1. The van der Waals surface area contributed by atoms with Crippen molar-refractivity contribution < 1.29 is 9.90 Å². The number of rotatable bonds is 6. The molecule has 0 aliphatic rings. The van der Waals surface area contributed by atoms with Gasteiger partial charge in [-0.15, -0.1) is 0 Å². The lowest BCUT2D eigenvalue weighted by molar-refractivity contribution is -0.117. The van der Waals surface area contributed by atoms with Crippen molar-refractivity contribution >= 4 is 11.6 Å². The summed E-state index contributed by atoms with van der Waals surface area (Å²) in [5.41, 5.74) is 3.10. The van der Waals surface area contributed by atoms with Crippen LogP contribution in [0.2, 0.25) is 0 Å². The highest BCUT2D eigenvalue weighted by Gasteiger charge is 2.09. The average molecular weight is 250 g/mol. The average Bonchev–Trinajstić information content (AvgIpc) is 2.32. The largest absolute Gasteiger partial charge is 0.395 e. The predicted molar refractivity (Wildman–Crippen MR) is 73.7 cm³/mol. The first-order valence-electron chi connectivity index (χ1n) is 6.27. The van der Waals surface area contributed by atoms with Gasteiger partial charge in [-0.3, -0.25) is 9.69 Å². The molecule has 0 heterocycles. The number of amides is 1. The Morgan fingerprint density at radius 2 is 2.11 bits per heavy atom. The van der Waals surface area contributed by atoms with Gasteiger partial charge < -0.3 is 10.4 Å². The lowest BCUT2D eigenvalue weighted by atomic mass is 10.1. The maximum atomic E-state index is 11.9. The Hall–Kier alpha value is -1.39. The highest BCUT2D eigenvalue weighted by molar-refractivity contribution is 5.93. The van der Waals surface area contributed by atoms with E-state index in [0.717, 1.165) is 17.8 Å². The highest BCUT2D eigenvalue weighted by atomic mass is 16.3. The number of nitrogens with one attached hydrogen (secondary N) is 1. The van der Waals surface area contributed by atoms with Crippen molar-refractivity contribution in [1.29, 1.82) is 0 Å². The lowest BCUT2D eigenvalue weighted by Gasteiger charge is -2.18. The van der Waals surface area contributed by atoms with Gasteiger partial charge in [-0.05, 0) is 32.0 Å². The zero-order valence-electron chi connectivity index (χ0n) is 11.4. The molecule has 1 amide bonds. The van der Waals surface area contributed by atoms with E-state index in [-0.39, 0.29) is 12.5 Å². The third kappa shape index (κ3) is 4.47.